The van der Waals surface area contributed by atoms with Crippen LogP contribution < -0.4 is 16.0 Å². The number of anilines is 2. The number of nitrogens with zero attached hydrogens (tertiary/aromatic N) is 3. The number of carbonyl (C=O) groups is 1. The average Bonchev–Trinajstić information content (AvgIpc) is 2.60. The van der Waals surface area contributed by atoms with E-state index >= 15 is 0 Å². The zero-order chi connectivity index (χ0) is 17.5. The molecule has 8 heteroatoms. The van der Waals surface area contributed by atoms with Crippen molar-refractivity contribution in [3.63, 3.8) is 0 Å². The lowest BCUT2D eigenvalue weighted by Crippen LogP contribution is -2.42. The summed E-state index contributed by atoms with van der Waals surface area (Å²) in [5.41, 5.74) is 6.98. The number of rotatable bonds is 7. The van der Waals surface area contributed by atoms with Crippen LogP contribution in [0.5, 0.6) is 0 Å². The molecule has 0 unspecified atom stereocenters. The van der Waals surface area contributed by atoms with Gasteiger partial charge in [-0.05, 0) is 57.5 Å². The predicted molar refractivity (Wildman–Crippen MR) is 110 cm³/mol. The zero-order valence-corrected chi connectivity index (χ0v) is 16.9. The van der Waals surface area contributed by atoms with Crippen molar-refractivity contribution < 1.29 is 4.79 Å². The molecule has 0 aliphatic carbocycles. The van der Waals surface area contributed by atoms with E-state index in [4.69, 9.17) is 5.73 Å². The van der Waals surface area contributed by atoms with Crippen molar-refractivity contribution in [1.29, 1.82) is 0 Å². The van der Waals surface area contributed by atoms with Gasteiger partial charge in [0.05, 0.1) is 17.9 Å². The number of nitrogens with one attached hydrogen (secondary N) is 1. The van der Waals surface area contributed by atoms with Gasteiger partial charge in [-0.25, -0.2) is 4.98 Å². The number of nitrogens with two attached hydrogens (primary N) is 1. The molecule has 25 heavy (non-hydrogen) atoms. The van der Waals surface area contributed by atoms with Gasteiger partial charge >= 0.3 is 0 Å². The van der Waals surface area contributed by atoms with E-state index < -0.39 is 6.04 Å². The Labute approximate surface area is 161 Å². The molecule has 0 bridgehead atoms. The number of piperidine rings is 1. The van der Waals surface area contributed by atoms with Crippen molar-refractivity contribution in [2.45, 2.75) is 31.3 Å². The molecule has 1 aliphatic rings. The van der Waals surface area contributed by atoms with Crippen molar-refractivity contribution in [2.24, 2.45) is 5.73 Å². The minimum Gasteiger partial charge on any atom is -0.370 e. The van der Waals surface area contributed by atoms with Crippen LogP contribution in [0.1, 0.15) is 19.3 Å². The molecule has 1 aromatic heterocycles. The normalized spacial score (nSPS) is 16.4. The lowest BCUT2D eigenvalue weighted by Gasteiger charge is -2.36. The number of halogens is 1. The Morgan fingerprint density at radius 2 is 2.12 bits per heavy atom. The second-order valence-electron chi connectivity index (χ2n) is 6.46. The standard InChI is InChI=1S/C17H29N5OS.ClH/c1-21(2)13-6-9-22(10-7-13)14-4-5-16(19-12-14)20-17(23)15(18)8-11-24-3;/h4-5,12-13,15H,6-11,18H2,1-3H3,(H,19,20,23);1H/t15-;/m0./s1. The number of carbonyl (C=O) groups excluding carboxylic acids is 1. The van der Waals surface area contributed by atoms with Crippen molar-refractivity contribution in [3.8, 4) is 0 Å². The van der Waals surface area contributed by atoms with Gasteiger partial charge in [-0.15, -0.1) is 12.4 Å². The fourth-order valence-electron chi connectivity index (χ4n) is 2.88. The Morgan fingerprint density at radius 1 is 1.44 bits per heavy atom. The quantitative estimate of drug-likeness (QED) is 0.745. The smallest absolute Gasteiger partial charge is 0.242 e. The van der Waals surface area contributed by atoms with Gasteiger partial charge in [-0.3, -0.25) is 4.79 Å². The minimum atomic E-state index is -0.482. The first-order valence-electron chi connectivity index (χ1n) is 8.44. The van der Waals surface area contributed by atoms with Crippen LogP contribution in [0.25, 0.3) is 0 Å². The molecule has 6 nitrogen and oxygen atoms in total. The molecule has 2 rings (SSSR count). The van der Waals surface area contributed by atoms with E-state index in [1.54, 1.807) is 11.8 Å². The van der Waals surface area contributed by atoms with Gasteiger partial charge in [-0.1, -0.05) is 0 Å². The summed E-state index contributed by atoms with van der Waals surface area (Å²) in [6, 6.07) is 4.05. The Hall–Kier alpha value is -1.02. The van der Waals surface area contributed by atoms with E-state index in [-0.39, 0.29) is 18.3 Å². The summed E-state index contributed by atoms with van der Waals surface area (Å²) in [5.74, 6) is 1.27. The molecular weight excluding hydrogens is 358 g/mol. The summed E-state index contributed by atoms with van der Waals surface area (Å²) >= 11 is 1.69. The molecule has 1 aliphatic heterocycles. The highest BCUT2D eigenvalue weighted by molar-refractivity contribution is 7.98. The lowest BCUT2D eigenvalue weighted by molar-refractivity contribution is -0.117. The maximum atomic E-state index is 12.0. The van der Waals surface area contributed by atoms with Crippen LogP contribution in [-0.4, -0.2) is 67.1 Å². The largest absolute Gasteiger partial charge is 0.370 e. The molecule has 1 saturated heterocycles. The zero-order valence-electron chi connectivity index (χ0n) is 15.3. The van der Waals surface area contributed by atoms with Crippen LogP contribution in [0.15, 0.2) is 18.3 Å². The van der Waals surface area contributed by atoms with Gasteiger partial charge in [0.2, 0.25) is 5.91 Å². The number of hydrogen-bond acceptors (Lipinski definition) is 6. The number of amides is 1. The van der Waals surface area contributed by atoms with Crippen LogP contribution in [0.2, 0.25) is 0 Å². The fourth-order valence-corrected chi connectivity index (χ4v) is 3.37. The summed E-state index contributed by atoms with van der Waals surface area (Å²) in [6.07, 6.45) is 6.84. The highest BCUT2D eigenvalue weighted by Gasteiger charge is 2.21. The topological polar surface area (TPSA) is 74.5 Å². The molecule has 1 atom stereocenters. The van der Waals surface area contributed by atoms with Crippen molar-refractivity contribution in [2.75, 3.05) is 49.4 Å². The number of thioether (sulfide) groups is 1. The third-order valence-electron chi connectivity index (χ3n) is 4.53. The summed E-state index contributed by atoms with van der Waals surface area (Å²) < 4.78 is 0. The maximum Gasteiger partial charge on any atom is 0.242 e. The first-order chi connectivity index (χ1) is 11.5. The molecule has 0 spiro atoms. The van der Waals surface area contributed by atoms with E-state index in [2.05, 4.69) is 34.2 Å². The van der Waals surface area contributed by atoms with Crippen LogP contribution >= 0.6 is 24.2 Å². The summed E-state index contributed by atoms with van der Waals surface area (Å²) in [7, 11) is 4.28. The molecular formula is C17H30ClN5OS. The SMILES string of the molecule is CSCC[C@H](N)C(=O)Nc1ccc(N2CCC(N(C)C)CC2)cn1.Cl. The Balaban J connectivity index is 0.00000312. The Kier molecular flexibility index (Phi) is 9.56. The van der Waals surface area contributed by atoms with Crippen LogP contribution in [0.4, 0.5) is 11.5 Å². The van der Waals surface area contributed by atoms with Crippen LogP contribution in [0, 0.1) is 0 Å². The Morgan fingerprint density at radius 3 is 2.64 bits per heavy atom. The highest BCUT2D eigenvalue weighted by Crippen LogP contribution is 2.22. The number of hydrogen-bond donors (Lipinski definition) is 2. The molecule has 0 radical (unpaired) electrons. The molecule has 2 heterocycles. The van der Waals surface area contributed by atoms with E-state index in [1.165, 1.54) is 0 Å². The van der Waals surface area contributed by atoms with Gasteiger partial charge in [0.1, 0.15) is 5.82 Å². The maximum absolute atomic E-state index is 12.0. The molecule has 1 aromatic rings. The molecule has 0 saturated carbocycles. The minimum absolute atomic E-state index is 0. The highest BCUT2D eigenvalue weighted by atomic mass is 35.5. The second kappa shape index (κ2) is 10.9. The predicted octanol–water partition coefficient (Wildman–Crippen LogP) is 2.05. The monoisotopic (exact) mass is 387 g/mol. The summed E-state index contributed by atoms with van der Waals surface area (Å²) in [5, 5.41) is 2.79. The Bertz CT molecular complexity index is 520. The fraction of sp³-hybridized carbons (Fsp3) is 0.647. The summed E-state index contributed by atoms with van der Waals surface area (Å²) in [4.78, 5) is 21.0. The first-order valence-corrected chi connectivity index (χ1v) is 9.83. The number of aromatic nitrogens is 1. The van der Waals surface area contributed by atoms with E-state index in [1.807, 2.05) is 24.6 Å². The van der Waals surface area contributed by atoms with Crippen molar-refractivity contribution in [1.82, 2.24) is 9.88 Å². The summed E-state index contributed by atoms with van der Waals surface area (Å²) in [6.45, 7) is 2.07. The van der Waals surface area contributed by atoms with Gasteiger partial charge < -0.3 is 20.9 Å². The molecule has 1 amide bonds. The van der Waals surface area contributed by atoms with Crippen LogP contribution in [0.3, 0.4) is 0 Å². The van der Waals surface area contributed by atoms with Gasteiger partial charge in [0.15, 0.2) is 0 Å². The average molecular weight is 388 g/mol. The van der Waals surface area contributed by atoms with E-state index in [9.17, 15) is 4.79 Å². The van der Waals surface area contributed by atoms with E-state index in [0.29, 0.717) is 18.3 Å². The lowest BCUT2D eigenvalue weighted by atomic mass is 10.0. The van der Waals surface area contributed by atoms with Gasteiger partial charge in [0, 0.05) is 19.1 Å². The van der Waals surface area contributed by atoms with Gasteiger partial charge in [-0.2, -0.15) is 11.8 Å². The third kappa shape index (κ3) is 6.66. The van der Waals surface area contributed by atoms with Gasteiger partial charge in [0.25, 0.3) is 0 Å². The molecule has 3 N–H and O–H groups in total. The van der Waals surface area contributed by atoms with E-state index in [0.717, 1.165) is 37.4 Å². The molecule has 0 aromatic carbocycles. The first kappa shape index (κ1) is 22.0. The van der Waals surface area contributed by atoms with Crippen molar-refractivity contribution >= 4 is 41.6 Å². The molecule has 1 fully saturated rings. The second-order valence-corrected chi connectivity index (χ2v) is 7.45. The third-order valence-corrected chi connectivity index (χ3v) is 5.17. The van der Waals surface area contributed by atoms with Crippen LogP contribution in [-0.2, 0) is 4.79 Å². The van der Waals surface area contributed by atoms with Crippen molar-refractivity contribution in [3.05, 3.63) is 18.3 Å². The molecule has 142 valence electrons. The number of pyridine rings is 1.